The van der Waals surface area contributed by atoms with Crippen LogP contribution in [-0.4, -0.2) is 16.1 Å². The topological polar surface area (TPSA) is 63.8 Å². The lowest BCUT2D eigenvalue weighted by atomic mass is 10.2. The first-order chi connectivity index (χ1) is 5.29. The standard InChI is InChI=1S/C7H13N3O/c1-2-6(5-8)10-4-3-9-7(10)11/h3-4,6H,2,5,8H2,1H3,(H,9,11). The molecular formula is C7H13N3O. The van der Waals surface area contributed by atoms with E-state index in [9.17, 15) is 4.79 Å². The zero-order valence-corrected chi connectivity index (χ0v) is 6.58. The summed E-state index contributed by atoms with van der Waals surface area (Å²) >= 11 is 0. The van der Waals surface area contributed by atoms with Gasteiger partial charge in [-0.2, -0.15) is 0 Å². The number of hydrogen-bond donors (Lipinski definition) is 2. The summed E-state index contributed by atoms with van der Waals surface area (Å²) in [4.78, 5) is 13.6. The molecule has 0 saturated carbocycles. The minimum Gasteiger partial charge on any atom is -0.328 e. The van der Waals surface area contributed by atoms with Gasteiger partial charge in [0.05, 0.1) is 6.04 Å². The molecule has 4 nitrogen and oxygen atoms in total. The number of aromatic nitrogens is 2. The van der Waals surface area contributed by atoms with E-state index in [0.29, 0.717) is 6.54 Å². The van der Waals surface area contributed by atoms with Gasteiger partial charge in [-0.15, -0.1) is 0 Å². The molecule has 3 N–H and O–H groups in total. The van der Waals surface area contributed by atoms with Crippen LogP contribution in [-0.2, 0) is 0 Å². The van der Waals surface area contributed by atoms with Crippen molar-refractivity contribution in [3.05, 3.63) is 22.9 Å². The van der Waals surface area contributed by atoms with E-state index >= 15 is 0 Å². The maximum absolute atomic E-state index is 11.0. The molecule has 4 heteroatoms. The number of H-pyrrole nitrogens is 1. The van der Waals surface area contributed by atoms with Crippen LogP contribution in [0.25, 0.3) is 0 Å². The summed E-state index contributed by atoms with van der Waals surface area (Å²) in [6.07, 6.45) is 4.23. The number of nitrogens with zero attached hydrogens (tertiary/aromatic N) is 1. The van der Waals surface area contributed by atoms with Crippen LogP contribution in [0.15, 0.2) is 17.2 Å². The smallest absolute Gasteiger partial charge is 0.325 e. The second kappa shape index (κ2) is 3.39. The number of nitrogens with two attached hydrogens (primary N) is 1. The molecule has 0 aliphatic carbocycles. The van der Waals surface area contributed by atoms with E-state index in [2.05, 4.69) is 4.98 Å². The molecule has 62 valence electrons. The number of hydrogen-bond acceptors (Lipinski definition) is 2. The van der Waals surface area contributed by atoms with Crippen LogP contribution in [0.1, 0.15) is 19.4 Å². The highest BCUT2D eigenvalue weighted by molar-refractivity contribution is 4.81. The van der Waals surface area contributed by atoms with Gasteiger partial charge < -0.3 is 10.7 Å². The van der Waals surface area contributed by atoms with E-state index in [-0.39, 0.29) is 11.7 Å². The lowest BCUT2D eigenvalue weighted by molar-refractivity contribution is 0.483. The molecule has 1 unspecified atom stereocenters. The van der Waals surface area contributed by atoms with Crippen molar-refractivity contribution in [2.75, 3.05) is 6.54 Å². The van der Waals surface area contributed by atoms with Crippen LogP contribution in [0.3, 0.4) is 0 Å². The van der Waals surface area contributed by atoms with Crippen molar-refractivity contribution < 1.29 is 0 Å². The minimum atomic E-state index is -0.0812. The molecule has 1 rings (SSSR count). The Kier molecular flexibility index (Phi) is 2.48. The van der Waals surface area contributed by atoms with Crippen LogP contribution in [0.2, 0.25) is 0 Å². The Morgan fingerprint density at radius 1 is 1.82 bits per heavy atom. The lowest BCUT2D eigenvalue weighted by Gasteiger charge is -2.11. The maximum Gasteiger partial charge on any atom is 0.325 e. The monoisotopic (exact) mass is 155 g/mol. The van der Waals surface area contributed by atoms with Crippen LogP contribution < -0.4 is 11.4 Å². The third kappa shape index (κ3) is 1.51. The fourth-order valence-corrected chi connectivity index (χ4v) is 1.10. The van der Waals surface area contributed by atoms with Gasteiger partial charge in [0.15, 0.2) is 0 Å². The SMILES string of the molecule is CCC(CN)n1cc[nH]c1=O. The van der Waals surface area contributed by atoms with Gasteiger partial charge in [-0.1, -0.05) is 6.92 Å². The second-order valence-corrected chi connectivity index (χ2v) is 2.47. The van der Waals surface area contributed by atoms with Gasteiger partial charge in [0, 0.05) is 18.9 Å². The normalized spacial score (nSPS) is 13.3. The summed E-state index contributed by atoms with van der Waals surface area (Å²) < 4.78 is 1.62. The summed E-state index contributed by atoms with van der Waals surface area (Å²) in [5.74, 6) is 0. The largest absolute Gasteiger partial charge is 0.328 e. The predicted octanol–water partition coefficient (Wildman–Crippen LogP) is 0.0862. The van der Waals surface area contributed by atoms with Crippen molar-refractivity contribution in [2.45, 2.75) is 19.4 Å². The Balaban J connectivity index is 2.90. The van der Waals surface area contributed by atoms with Gasteiger partial charge in [0.1, 0.15) is 0 Å². The number of aromatic amines is 1. The Morgan fingerprint density at radius 3 is 2.91 bits per heavy atom. The van der Waals surface area contributed by atoms with E-state index in [1.807, 2.05) is 6.92 Å². The molecule has 1 aromatic heterocycles. The van der Waals surface area contributed by atoms with E-state index in [1.165, 1.54) is 0 Å². The molecule has 1 heterocycles. The fourth-order valence-electron chi connectivity index (χ4n) is 1.10. The molecule has 1 aromatic rings. The zero-order chi connectivity index (χ0) is 8.27. The van der Waals surface area contributed by atoms with Gasteiger partial charge in [0.25, 0.3) is 0 Å². The Morgan fingerprint density at radius 2 is 2.55 bits per heavy atom. The molecule has 11 heavy (non-hydrogen) atoms. The van der Waals surface area contributed by atoms with Crippen molar-refractivity contribution >= 4 is 0 Å². The molecule has 0 fully saturated rings. The first-order valence-corrected chi connectivity index (χ1v) is 3.75. The highest BCUT2D eigenvalue weighted by Gasteiger charge is 2.06. The Bertz CT molecular complexity index is 259. The van der Waals surface area contributed by atoms with Crippen LogP contribution >= 0.6 is 0 Å². The van der Waals surface area contributed by atoms with Crippen LogP contribution in [0.5, 0.6) is 0 Å². The summed E-state index contributed by atoms with van der Waals surface area (Å²) in [6, 6.07) is 0.133. The van der Waals surface area contributed by atoms with Crippen molar-refractivity contribution in [1.82, 2.24) is 9.55 Å². The maximum atomic E-state index is 11.0. The van der Waals surface area contributed by atoms with Crippen molar-refractivity contribution in [3.63, 3.8) is 0 Å². The van der Waals surface area contributed by atoms with Gasteiger partial charge >= 0.3 is 5.69 Å². The lowest BCUT2D eigenvalue weighted by Crippen LogP contribution is -2.26. The van der Waals surface area contributed by atoms with E-state index in [1.54, 1.807) is 17.0 Å². The Labute approximate surface area is 65.0 Å². The predicted molar refractivity (Wildman–Crippen MR) is 43.4 cm³/mol. The van der Waals surface area contributed by atoms with Crippen molar-refractivity contribution in [3.8, 4) is 0 Å². The van der Waals surface area contributed by atoms with Gasteiger partial charge in [-0.25, -0.2) is 4.79 Å². The van der Waals surface area contributed by atoms with E-state index in [0.717, 1.165) is 6.42 Å². The zero-order valence-electron chi connectivity index (χ0n) is 6.58. The first kappa shape index (κ1) is 8.07. The molecule has 0 spiro atoms. The minimum absolute atomic E-state index is 0.0812. The first-order valence-electron chi connectivity index (χ1n) is 3.75. The molecule has 0 aromatic carbocycles. The van der Waals surface area contributed by atoms with Gasteiger partial charge in [-0.3, -0.25) is 4.57 Å². The molecule has 0 aliphatic heterocycles. The molecule has 0 aliphatic rings. The second-order valence-electron chi connectivity index (χ2n) is 2.47. The molecule has 0 amide bonds. The molecule has 0 radical (unpaired) electrons. The molecule has 0 bridgehead atoms. The summed E-state index contributed by atoms with van der Waals surface area (Å²) in [5.41, 5.74) is 5.39. The summed E-state index contributed by atoms with van der Waals surface area (Å²) in [5, 5.41) is 0. The summed E-state index contributed by atoms with van der Waals surface area (Å²) in [6.45, 7) is 2.52. The molecule has 0 saturated heterocycles. The van der Waals surface area contributed by atoms with E-state index < -0.39 is 0 Å². The van der Waals surface area contributed by atoms with Gasteiger partial charge in [-0.05, 0) is 6.42 Å². The quantitative estimate of drug-likeness (QED) is 0.649. The third-order valence-electron chi connectivity index (χ3n) is 1.81. The van der Waals surface area contributed by atoms with Crippen LogP contribution in [0, 0.1) is 0 Å². The number of imidazole rings is 1. The summed E-state index contributed by atoms with van der Waals surface area (Å²) in [7, 11) is 0. The third-order valence-corrected chi connectivity index (χ3v) is 1.81. The van der Waals surface area contributed by atoms with Crippen LogP contribution in [0.4, 0.5) is 0 Å². The highest BCUT2D eigenvalue weighted by atomic mass is 16.1. The number of nitrogens with one attached hydrogen (secondary N) is 1. The van der Waals surface area contributed by atoms with Crippen molar-refractivity contribution in [2.24, 2.45) is 5.73 Å². The van der Waals surface area contributed by atoms with E-state index in [4.69, 9.17) is 5.73 Å². The van der Waals surface area contributed by atoms with Gasteiger partial charge in [0.2, 0.25) is 0 Å². The van der Waals surface area contributed by atoms with Crippen molar-refractivity contribution in [1.29, 1.82) is 0 Å². The number of rotatable bonds is 3. The Hall–Kier alpha value is -1.03. The highest BCUT2D eigenvalue weighted by Crippen LogP contribution is 2.04. The average Bonchev–Trinajstić information content (AvgIpc) is 2.40. The fraction of sp³-hybridized carbons (Fsp3) is 0.571. The average molecular weight is 155 g/mol. The molecular weight excluding hydrogens is 142 g/mol. The molecule has 1 atom stereocenters.